The third-order valence-electron chi connectivity index (χ3n) is 5.00. The van der Waals surface area contributed by atoms with Gasteiger partial charge in [0, 0.05) is 18.3 Å². The highest BCUT2D eigenvalue weighted by molar-refractivity contribution is 7.20. The number of ether oxygens (including phenoxy) is 1. The van der Waals surface area contributed by atoms with E-state index in [1.807, 2.05) is 6.92 Å². The van der Waals surface area contributed by atoms with Gasteiger partial charge in [0.2, 0.25) is 0 Å². The van der Waals surface area contributed by atoms with Crippen LogP contribution in [0.5, 0.6) is 5.75 Å². The molecule has 0 spiro atoms. The van der Waals surface area contributed by atoms with E-state index in [1.165, 1.54) is 28.1 Å². The smallest absolute Gasteiger partial charge is 0.194 e. The zero-order valence-electron chi connectivity index (χ0n) is 14.8. The first-order chi connectivity index (χ1) is 12.7. The van der Waals surface area contributed by atoms with Crippen LogP contribution in [0.2, 0.25) is 0 Å². The van der Waals surface area contributed by atoms with Gasteiger partial charge in [0.25, 0.3) is 0 Å². The summed E-state index contributed by atoms with van der Waals surface area (Å²) in [5, 5.41) is 4.48. The van der Waals surface area contributed by atoms with Gasteiger partial charge in [-0.2, -0.15) is 0 Å². The van der Waals surface area contributed by atoms with E-state index in [4.69, 9.17) is 9.72 Å². The summed E-state index contributed by atoms with van der Waals surface area (Å²) in [6.45, 7) is 4.22. The molecular weight excluding hydrogens is 364 g/mol. The number of rotatable bonds is 3. The van der Waals surface area contributed by atoms with Crippen LogP contribution in [0.15, 0.2) is 24.5 Å². The maximum atomic E-state index is 5.58. The molecule has 0 amide bonds. The van der Waals surface area contributed by atoms with Gasteiger partial charge in [-0.1, -0.05) is 11.3 Å². The van der Waals surface area contributed by atoms with Gasteiger partial charge in [-0.15, -0.1) is 11.3 Å². The van der Waals surface area contributed by atoms with Gasteiger partial charge in [0.05, 0.1) is 27.4 Å². The molecule has 1 aliphatic heterocycles. The number of thiazole rings is 2. The summed E-state index contributed by atoms with van der Waals surface area (Å²) >= 11 is 3.44. The summed E-state index contributed by atoms with van der Waals surface area (Å²) in [6.07, 6.45) is 6.75. The third kappa shape index (κ3) is 2.71. The fourth-order valence-corrected chi connectivity index (χ4v) is 5.51. The molecule has 5 nitrogen and oxygen atoms in total. The van der Waals surface area contributed by atoms with Crippen LogP contribution in [0, 0.1) is 6.92 Å². The van der Waals surface area contributed by atoms with Crippen molar-refractivity contribution >= 4 is 37.9 Å². The minimum atomic E-state index is 0.586. The SMILES string of the molecule is COc1cc(-c2cn3cc(C4CCNCC4)nc3s2)cc2sc(C)nc12. The first-order valence-electron chi connectivity index (χ1n) is 8.86. The molecule has 1 saturated heterocycles. The molecule has 134 valence electrons. The Morgan fingerprint density at radius 1 is 1.15 bits per heavy atom. The molecule has 7 heteroatoms. The van der Waals surface area contributed by atoms with Gasteiger partial charge in [0.1, 0.15) is 11.3 Å². The van der Waals surface area contributed by atoms with Crippen molar-refractivity contribution in [3.8, 4) is 16.2 Å². The Hall–Kier alpha value is -1.96. The molecule has 0 radical (unpaired) electrons. The van der Waals surface area contributed by atoms with Gasteiger partial charge in [-0.25, -0.2) is 9.97 Å². The Morgan fingerprint density at radius 2 is 2.00 bits per heavy atom. The van der Waals surface area contributed by atoms with Crippen LogP contribution in [0.1, 0.15) is 29.5 Å². The standard InChI is InChI=1S/C19H20N4OS2/c1-11-21-18-15(24-2)7-13(8-16(18)25-11)17-10-23-9-14(22-19(23)26-17)12-3-5-20-6-4-12/h7-10,12,20H,3-6H2,1-2H3. The van der Waals surface area contributed by atoms with E-state index < -0.39 is 0 Å². The molecule has 4 heterocycles. The average Bonchev–Trinajstić information content (AvgIpc) is 3.33. The number of imidazole rings is 1. The van der Waals surface area contributed by atoms with Crippen molar-refractivity contribution in [1.82, 2.24) is 19.7 Å². The second-order valence-corrected chi connectivity index (χ2v) is 8.98. The lowest BCUT2D eigenvalue weighted by molar-refractivity contribution is 0.419. The molecule has 0 aliphatic carbocycles. The quantitative estimate of drug-likeness (QED) is 0.567. The van der Waals surface area contributed by atoms with Crippen molar-refractivity contribution in [3.05, 3.63) is 35.2 Å². The maximum absolute atomic E-state index is 5.58. The fourth-order valence-electron chi connectivity index (χ4n) is 3.67. The van der Waals surface area contributed by atoms with E-state index in [9.17, 15) is 0 Å². The van der Waals surface area contributed by atoms with E-state index in [0.717, 1.165) is 39.9 Å². The molecule has 1 aromatic carbocycles. The van der Waals surface area contributed by atoms with Crippen LogP contribution < -0.4 is 10.1 Å². The lowest BCUT2D eigenvalue weighted by Crippen LogP contribution is -2.26. The summed E-state index contributed by atoms with van der Waals surface area (Å²) in [7, 11) is 1.71. The minimum absolute atomic E-state index is 0.586. The topological polar surface area (TPSA) is 51.5 Å². The number of piperidine rings is 1. The molecule has 0 unspecified atom stereocenters. The molecule has 4 aromatic rings. The normalized spacial score (nSPS) is 15.9. The second-order valence-electron chi connectivity index (χ2n) is 6.73. The molecule has 1 aliphatic rings. The van der Waals surface area contributed by atoms with Crippen molar-refractivity contribution < 1.29 is 4.74 Å². The Kier molecular flexibility index (Phi) is 3.95. The van der Waals surface area contributed by atoms with Crippen LogP contribution in [-0.4, -0.2) is 34.6 Å². The number of aryl methyl sites for hydroxylation is 1. The van der Waals surface area contributed by atoms with E-state index in [0.29, 0.717) is 5.92 Å². The van der Waals surface area contributed by atoms with Gasteiger partial charge < -0.3 is 10.1 Å². The van der Waals surface area contributed by atoms with Crippen LogP contribution >= 0.6 is 22.7 Å². The first kappa shape index (κ1) is 16.2. The Bertz CT molecular complexity index is 1060. The van der Waals surface area contributed by atoms with E-state index in [1.54, 1.807) is 29.8 Å². The van der Waals surface area contributed by atoms with E-state index in [-0.39, 0.29) is 0 Å². The van der Waals surface area contributed by atoms with Crippen molar-refractivity contribution in [3.63, 3.8) is 0 Å². The van der Waals surface area contributed by atoms with Crippen LogP contribution in [0.25, 0.3) is 25.6 Å². The van der Waals surface area contributed by atoms with Gasteiger partial charge in [-0.05, 0) is 50.6 Å². The third-order valence-corrected chi connectivity index (χ3v) is 6.97. The molecular formula is C19H20N4OS2. The lowest BCUT2D eigenvalue weighted by atomic mass is 9.95. The largest absolute Gasteiger partial charge is 0.494 e. The summed E-state index contributed by atoms with van der Waals surface area (Å²) in [6, 6.07) is 4.29. The molecule has 0 bridgehead atoms. The Balaban J connectivity index is 1.54. The highest BCUT2D eigenvalue weighted by Gasteiger charge is 2.19. The zero-order chi connectivity index (χ0) is 17.7. The highest BCUT2D eigenvalue weighted by atomic mass is 32.1. The number of fused-ring (bicyclic) bond motifs is 2. The van der Waals surface area contributed by atoms with Crippen LogP contribution in [0.4, 0.5) is 0 Å². The fraction of sp³-hybridized carbons (Fsp3) is 0.368. The summed E-state index contributed by atoms with van der Waals surface area (Å²) in [5.74, 6) is 1.42. The van der Waals surface area contributed by atoms with Crippen molar-refractivity contribution in [1.29, 1.82) is 0 Å². The summed E-state index contributed by atoms with van der Waals surface area (Å²) in [5.41, 5.74) is 3.35. The van der Waals surface area contributed by atoms with Gasteiger partial charge >= 0.3 is 0 Å². The van der Waals surface area contributed by atoms with E-state index >= 15 is 0 Å². The molecule has 0 saturated carbocycles. The van der Waals surface area contributed by atoms with Gasteiger partial charge in [0.15, 0.2) is 4.96 Å². The number of benzene rings is 1. The number of methoxy groups -OCH3 is 1. The molecule has 1 N–H and O–H groups in total. The monoisotopic (exact) mass is 384 g/mol. The maximum Gasteiger partial charge on any atom is 0.194 e. The predicted molar refractivity (Wildman–Crippen MR) is 108 cm³/mol. The average molecular weight is 385 g/mol. The molecule has 3 aromatic heterocycles. The first-order valence-corrected chi connectivity index (χ1v) is 10.5. The number of nitrogens with zero attached hydrogens (tertiary/aromatic N) is 3. The minimum Gasteiger partial charge on any atom is -0.494 e. The Labute approximate surface area is 159 Å². The molecule has 5 rings (SSSR count). The van der Waals surface area contributed by atoms with Crippen molar-refractivity contribution in [2.45, 2.75) is 25.7 Å². The highest BCUT2D eigenvalue weighted by Crippen LogP contribution is 2.38. The second kappa shape index (κ2) is 6.33. The predicted octanol–water partition coefficient (Wildman–Crippen LogP) is 4.46. The molecule has 0 atom stereocenters. The molecule has 26 heavy (non-hydrogen) atoms. The van der Waals surface area contributed by atoms with Crippen LogP contribution in [0.3, 0.4) is 0 Å². The number of aromatic nitrogens is 3. The van der Waals surface area contributed by atoms with Crippen molar-refractivity contribution in [2.24, 2.45) is 0 Å². The number of hydrogen-bond acceptors (Lipinski definition) is 6. The lowest BCUT2D eigenvalue weighted by Gasteiger charge is -2.20. The van der Waals surface area contributed by atoms with Crippen molar-refractivity contribution in [2.75, 3.05) is 20.2 Å². The Morgan fingerprint density at radius 3 is 2.77 bits per heavy atom. The zero-order valence-corrected chi connectivity index (χ0v) is 16.4. The van der Waals surface area contributed by atoms with E-state index in [2.05, 4.69) is 39.2 Å². The van der Waals surface area contributed by atoms with Gasteiger partial charge in [-0.3, -0.25) is 4.40 Å². The summed E-state index contributed by atoms with van der Waals surface area (Å²) < 4.78 is 8.92. The van der Waals surface area contributed by atoms with Crippen LogP contribution in [-0.2, 0) is 0 Å². The number of nitrogens with one attached hydrogen (secondary N) is 1. The summed E-state index contributed by atoms with van der Waals surface area (Å²) in [4.78, 5) is 11.8. The molecule has 1 fully saturated rings. The number of hydrogen-bond donors (Lipinski definition) is 1.